The highest BCUT2D eigenvalue weighted by Gasteiger charge is 2.31. The van der Waals surface area contributed by atoms with Gasteiger partial charge in [-0.2, -0.15) is 0 Å². The Morgan fingerprint density at radius 1 is 1.20 bits per heavy atom. The van der Waals surface area contributed by atoms with Gasteiger partial charge in [0.05, 0.1) is 18.2 Å². The van der Waals surface area contributed by atoms with Crippen LogP contribution in [0.5, 0.6) is 0 Å². The lowest BCUT2D eigenvalue weighted by atomic mass is 10.0. The first-order chi connectivity index (χ1) is 11.8. The predicted molar refractivity (Wildman–Crippen MR) is 94.0 cm³/mol. The van der Waals surface area contributed by atoms with Gasteiger partial charge in [0, 0.05) is 44.5 Å². The molecule has 1 N–H and O–H groups in total. The van der Waals surface area contributed by atoms with Gasteiger partial charge in [-0.25, -0.2) is 8.42 Å². The zero-order chi connectivity index (χ0) is 18.0. The van der Waals surface area contributed by atoms with Crippen molar-refractivity contribution >= 4 is 21.7 Å². The average Bonchev–Trinajstić information content (AvgIpc) is 2.89. The molecule has 0 aromatic heterocycles. The smallest absolute Gasteiger partial charge is 0.252 e. The number of hydrogen-bond donors (Lipinski definition) is 1. The lowest BCUT2D eigenvalue weighted by molar-refractivity contribution is -0.133. The Labute approximate surface area is 147 Å². The number of carbonyl (C=O) groups excluding carboxylic acids is 2. The van der Waals surface area contributed by atoms with E-state index in [4.69, 9.17) is 0 Å². The van der Waals surface area contributed by atoms with Crippen LogP contribution in [0, 0.1) is 0 Å². The summed E-state index contributed by atoms with van der Waals surface area (Å²) in [7, 11) is -2.97. The summed E-state index contributed by atoms with van der Waals surface area (Å²) in [6.45, 7) is 3.03. The highest BCUT2D eigenvalue weighted by molar-refractivity contribution is 7.90. The van der Waals surface area contributed by atoms with Crippen LogP contribution in [-0.4, -0.2) is 74.8 Å². The van der Waals surface area contributed by atoms with Crippen molar-refractivity contribution in [3.05, 3.63) is 35.4 Å². The van der Waals surface area contributed by atoms with Crippen molar-refractivity contribution in [2.45, 2.75) is 12.5 Å². The molecule has 3 rings (SSSR count). The van der Waals surface area contributed by atoms with Crippen LogP contribution in [0.1, 0.15) is 28.4 Å². The summed E-state index contributed by atoms with van der Waals surface area (Å²) >= 11 is 0. The minimum Gasteiger partial charge on any atom is -0.345 e. The van der Waals surface area contributed by atoms with Gasteiger partial charge < -0.3 is 10.2 Å². The molecule has 25 heavy (non-hydrogen) atoms. The van der Waals surface area contributed by atoms with Gasteiger partial charge in [0.2, 0.25) is 5.91 Å². The zero-order valence-corrected chi connectivity index (χ0v) is 15.1. The number of hydrogen-bond acceptors (Lipinski definition) is 5. The first-order valence-corrected chi connectivity index (χ1v) is 10.5. The van der Waals surface area contributed by atoms with Crippen molar-refractivity contribution < 1.29 is 18.0 Å². The number of carbonyl (C=O) groups is 2. The molecule has 2 aliphatic rings. The Bertz CT molecular complexity index is 770. The maximum Gasteiger partial charge on any atom is 0.252 e. The van der Waals surface area contributed by atoms with Gasteiger partial charge in [0.15, 0.2) is 0 Å². The summed E-state index contributed by atoms with van der Waals surface area (Å²) in [5.74, 6) is 0.0370. The van der Waals surface area contributed by atoms with E-state index < -0.39 is 9.84 Å². The van der Waals surface area contributed by atoms with Crippen LogP contribution < -0.4 is 5.32 Å². The molecule has 0 saturated carbocycles. The van der Waals surface area contributed by atoms with Gasteiger partial charge in [-0.1, -0.05) is 18.2 Å². The van der Waals surface area contributed by atoms with E-state index in [-0.39, 0.29) is 30.0 Å². The van der Waals surface area contributed by atoms with E-state index in [0.29, 0.717) is 38.3 Å². The third-order valence-corrected chi connectivity index (χ3v) is 5.69. The highest BCUT2D eigenvalue weighted by atomic mass is 32.2. The summed E-state index contributed by atoms with van der Waals surface area (Å²) in [4.78, 5) is 28.4. The molecule has 0 bridgehead atoms. The number of nitrogens with one attached hydrogen (secondary N) is 1. The SMILES string of the molecule is CS(=O)(=O)CCN1CCN(C(=O)C[C@H]2NC(=O)c3ccccc32)CC1. The minimum absolute atomic E-state index is 0.0183. The van der Waals surface area contributed by atoms with E-state index in [9.17, 15) is 18.0 Å². The molecule has 1 saturated heterocycles. The molecular formula is C17H23N3O4S. The topological polar surface area (TPSA) is 86.8 Å². The first-order valence-electron chi connectivity index (χ1n) is 8.41. The Balaban J connectivity index is 1.52. The molecule has 1 fully saturated rings. The summed E-state index contributed by atoms with van der Waals surface area (Å²) < 4.78 is 22.5. The van der Waals surface area contributed by atoms with Crippen LogP contribution in [0.15, 0.2) is 24.3 Å². The second kappa shape index (κ2) is 7.13. The molecule has 8 heteroatoms. The molecule has 0 radical (unpaired) electrons. The molecule has 1 aromatic rings. The lowest BCUT2D eigenvalue weighted by Gasteiger charge is -2.35. The Hall–Kier alpha value is -1.93. The summed E-state index contributed by atoms with van der Waals surface area (Å²) in [5, 5.41) is 2.87. The van der Waals surface area contributed by atoms with Crippen LogP contribution in [-0.2, 0) is 14.6 Å². The Kier molecular flexibility index (Phi) is 5.10. The van der Waals surface area contributed by atoms with Crippen LogP contribution >= 0.6 is 0 Å². The molecule has 2 aliphatic heterocycles. The summed E-state index contributed by atoms with van der Waals surface area (Å²) in [6.07, 6.45) is 1.49. The van der Waals surface area contributed by atoms with Gasteiger partial charge in [-0.3, -0.25) is 14.5 Å². The van der Waals surface area contributed by atoms with E-state index >= 15 is 0 Å². The van der Waals surface area contributed by atoms with Crippen LogP contribution in [0.25, 0.3) is 0 Å². The van der Waals surface area contributed by atoms with E-state index in [0.717, 1.165) is 5.56 Å². The van der Waals surface area contributed by atoms with Gasteiger partial charge >= 0.3 is 0 Å². The number of fused-ring (bicyclic) bond motifs is 1. The molecular weight excluding hydrogens is 342 g/mol. The fourth-order valence-corrected chi connectivity index (χ4v) is 3.89. The van der Waals surface area contributed by atoms with E-state index in [2.05, 4.69) is 10.2 Å². The van der Waals surface area contributed by atoms with Crippen molar-refractivity contribution in [3.63, 3.8) is 0 Å². The number of piperazine rings is 1. The molecule has 2 heterocycles. The fraction of sp³-hybridized carbons (Fsp3) is 0.529. The van der Waals surface area contributed by atoms with Crippen LogP contribution in [0.2, 0.25) is 0 Å². The molecule has 0 spiro atoms. The third-order valence-electron chi connectivity index (χ3n) is 4.77. The second-order valence-corrected chi connectivity index (χ2v) is 8.93. The maximum atomic E-state index is 12.6. The van der Waals surface area contributed by atoms with Crippen molar-refractivity contribution in [3.8, 4) is 0 Å². The molecule has 7 nitrogen and oxygen atoms in total. The fourth-order valence-electron chi connectivity index (χ4n) is 3.30. The molecule has 0 unspecified atom stereocenters. The summed E-state index contributed by atoms with van der Waals surface area (Å²) in [5.41, 5.74) is 1.53. The zero-order valence-electron chi connectivity index (χ0n) is 14.3. The maximum absolute atomic E-state index is 12.6. The Morgan fingerprint density at radius 3 is 2.56 bits per heavy atom. The van der Waals surface area contributed by atoms with Crippen LogP contribution in [0.4, 0.5) is 0 Å². The number of sulfone groups is 1. The number of amides is 2. The number of benzene rings is 1. The minimum atomic E-state index is -2.97. The first kappa shape index (κ1) is 17.9. The normalized spacial score (nSPS) is 21.1. The number of nitrogens with zero attached hydrogens (tertiary/aromatic N) is 2. The van der Waals surface area contributed by atoms with Crippen molar-refractivity contribution in [1.82, 2.24) is 15.1 Å². The van der Waals surface area contributed by atoms with Gasteiger partial charge in [-0.05, 0) is 11.6 Å². The quantitative estimate of drug-likeness (QED) is 0.797. The van der Waals surface area contributed by atoms with E-state index in [1.165, 1.54) is 6.26 Å². The number of rotatable bonds is 5. The molecule has 1 aromatic carbocycles. The lowest BCUT2D eigenvalue weighted by Crippen LogP contribution is -2.50. The van der Waals surface area contributed by atoms with Crippen molar-refractivity contribution in [2.75, 3.05) is 44.7 Å². The Morgan fingerprint density at radius 2 is 1.88 bits per heavy atom. The molecule has 136 valence electrons. The van der Waals surface area contributed by atoms with Crippen molar-refractivity contribution in [2.24, 2.45) is 0 Å². The summed E-state index contributed by atoms with van der Waals surface area (Å²) in [6, 6.07) is 7.08. The van der Waals surface area contributed by atoms with Gasteiger partial charge in [0.25, 0.3) is 5.91 Å². The average molecular weight is 365 g/mol. The predicted octanol–water partition coefficient (Wildman–Crippen LogP) is 0.0500. The highest BCUT2D eigenvalue weighted by Crippen LogP contribution is 2.28. The third kappa shape index (κ3) is 4.38. The van der Waals surface area contributed by atoms with Gasteiger partial charge in [0.1, 0.15) is 9.84 Å². The van der Waals surface area contributed by atoms with Gasteiger partial charge in [-0.15, -0.1) is 0 Å². The van der Waals surface area contributed by atoms with E-state index in [1.54, 1.807) is 11.0 Å². The van der Waals surface area contributed by atoms with Crippen LogP contribution in [0.3, 0.4) is 0 Å². The van der Waals surface area contributed by atoms with E-state index in [1.807, 2.05) is 18.2 Å². The van der Waals surface area contributed by atoms with Crippen molar-refractivity contribution in [1.29, 1.82) is 0 Å². The second-order valence-electron chi connectivity index (χ2n) is 6.67. The monoisotopic (exact) mass is 365 g/mol. The molecule has 1 atom stereocenters. The largest absolute Gasteiger partial charge is 0.345 e. The molecule has 0 aliphatic carbocycles. The molecule has 2 amide bonds. The standard InChI is InChI=1S/C17H23N3O4S/c1-25(23,24)11-10-19-6-8-20(9-7-19)16(21)12-15-13-4-2-3-5-14(13)17(22)18-15/h2-5,15H,6-12H2,1H3,(H,18,22)/t15-/m1/s1.